The summed E-state index contributed by atoms with van der Waals surface area (Å²) in [5.74, 6) is -0.334. The molecule has 0 saturated heterocycles. The zero-order chi connectivity index (χ0) is 13.9. The highest BCUT2D eigenvalue weighted by Gasteiger charge is 2.23. The number of nitrogen functional groups attached to an aromatic ring is 1. The first-order valence-corrected chi connectivity index (χ1v) is 6.60. The Labute approximate surface area is 111 Å². The smallest absolute Gasteiger partial charge is 0.263 e. The van der Waals surface area contributed by atoms with Gasteiger partial charge in [-0.15, -0.1) is 11.3 Å². The molecule has 0 atom stereocenters. The van der Waals surface area contributed by atoms with E-state index >= 15 is 0 Å². The van der Waals surface area contributed by atoms with Crippen LogP contribution in [-0.4, -0.2) is 37.4 Å². The second kappa shape index (κ2) is 5.86. The van der Waals surface area contributed by atoms with Crippen LogP contribution in [0.15, 0.2) is 0 Å². The van der Waals surface area contributed by atoms with Crippen LogP contribution >= 0.6 is 11.3 Å². The standard InChI is InChI=1S/C12H19N3O2S/c1-5-6-14-11(16)8-7(2)9(18-10(8)13)12(17)15(3)4/h5-6,13H2,1-4H3,(H,14,16). The second-order valence-electron chi connectivity index (χ2n) is 4.25. The molecule has 0 saturated carbocycles. The number of amides is 2. The summed E-state index contributed by atoms with van der Waals surface area (Å²) < 4.78 is 0. The monoisotopic (exact) mass is 269 g/mol. The summed E-state index contributed by atoms with van der Waals surface area (Å²) in [5.41, 5.74) is 6.93. The number of hydrogen-bond donors (Lipinski definition) is 2. The topological polar surface area (TPSA) is 75.4 Å². The van der Waals surface area contributed by atoms with E-state index in [-0.39, 0.29) is 11.8 Å². The van der Waals surface area contributed by atoms with E-state index in [0.717, 1.165) is 17.8 Å². The van der Waals surface area contributed by atoms with Crippen LogP contribution < -0.4 is 11.1 Å². The zero-order valence-corrected chi connectivity index (χ0v) is 12.0. The van der Waals surface area contributed by atoms with Crippen LogP contribution in [0, 0.1) is 6.92 Å². The Bertz CT molecular complexity index is 466. The van der Waals surface area contributed by atoms with Crippen LogP contribution in [-0.2, 0) is 0 Å². The number of anilines is 1. The molecule has 0 fully saturated rings. The van der Waals surface area contributed by atoms with Gasteiger partial charge < -0.3 is 16.0 Å². The van der Waals surface area contributed by atoms with Crippen molar-refractivity contribution in [1.29, 1.82) is 0 Å². The highest BCUT2D eigenvalue weighted by Crippen LogP contribution is 2.31. The summed E-state index contributed by atoms with van der Waals surface area (Å²) in [7, 11) is 3.35. The number of nitrogens with zero attached hydrogens (tertiary/aromatic N) is 1. The largest absolute Gasteiger partial charge is 0.390 e. The molecule has 0 spiro atoms. The quantitative estimate of drug-likeness (QED) is 0.869. The average Bonchev–Trinajstić information content (AvgIpc) is 2.60. The van der Waals surface area contributed by atoms with Crippen molar-refractivity contribution in [1.82, 2.24) is 10.2 Å². The molecule has 100 valence electrons. The molecular formula is C12H19N3O2S. The van der Waals surface area contributed by atoms with Crippen LogP contribution in [0.4, 0.5) is 5.00 Å². The van der Waals surface area contributed by atoms with Crippen molar-refractivity contribution < 1.29 is 9.59 Å². The van der Waals surface area contributed by atoms with Gasteiger partial charge >= 0.3 is 0 Å². The Morgan fingerprint density at radius 2 is 2.00 bits per heavy atom. The van der Waals surface area contributed by atoms with Crippen molar-refractivity contribution in [2.75, 3.05) is 26.4 Å². The summed E-state index contributed by atoms with van der Waals surface area (Å²) in [6.45, 7) is 4.33. The van der Waals surface area contributed by atoms with Gasteiger partial charge in [-0.2, -0.15) is 0 Å². The van der Waals surface area contributed by atoms with Gasteiger partial charge in [-0.25, -0.2) is 0 Å². The number of nitrogens with two attached hydrogens (primary N) is 1. The third-order valence-corrected chi connectivity index (χ3v) is 3.65. The fraction of sp³-hybridized carbons (Fsp3) is 0.500. The minimum Gasteiger partial charge on any atom is -0.390 e. The first-order valence-electron chi connectivity index (χ1n) is 5.78. The van der Waals surface area contributed by atoms with Gasteiger partial charge in [-0.05, 0) is 18.9 Å². The third kappa shape index (κ3) is 2.81. The number of rotatable bonds is 4. The predicted octanol–water partition coefficient (Wildman–Crippen LogP) is 1.48. The Balaban J connectivity index is 3.08. The molecule has 0 bridgehead atoms. The Morgan fingerprint density at radius 3 is 2.50 bits per heavy atom. The van der Waals surface area contributed by atoms with E-state index in [1.807, 2.05) is 6.92 Å². The molecule has 5 nitrogen and oxygen atoms in total. The number of carbonyl (C=O) groups is 2. The minimum atomic E-state index is -0.207. The maximum Gasteiger partial charge on any atom is 0.263 e. The van der Waals surface area contributed by atoms with E-state index in [1.54, 1.807) is 21.0 Å². The molecule has 18 heavy (non-hydrogen) atoms. The minimum absolute atomic E-state index is 0.126. The first-order chi connectivity index (χ1) is 8.40. The maximum absolute atomic E-state index is 11.9. The lowest BCUT2D eigenvalue weighted by Crippen LogP contribution is -2.25. The first kappa shape index (κ1) is 14.5. The van der Waals surface area contributed by atoms with Gasteiger partial charge in [0.1, 0.15) is 0 Å². The van der Waals surface area contributed by atoms with E-state index in [2.05, 4.69) is 5.32 Å². The molecule has 6 heteroatoms. The van der Waals surface area contributed by atoms with Crippen molar-refractivity contribution in [3.8, 4) is 0 Å². The lowest BCUT2D eigenvalue weighted by Gasteiger charge is -2.09. The van der Waals surface area contributed by atoms with Gasteiger partial charge in [-0.1, -0.05) is 6.92 Å². The lowest BCUT2D eigenvalue weighted by atomic mass is 10.1. The van der Waals surface area contributed by atoms with Gasteiger partial charge in [-0.3, -0.25) is 9.59 Å². The molecule has 1 heterocycles. The van der Waals surface area contributed by atoms with Crippen LogP contribution in [0.3, 0.4) is 0 Å². The number of carbonyl (C=O) groups excluding carboxylic acids is 2. The van der Waals surface area contributed by atoms with E-state index in [1.165, 1.54) is 4.90 Å². The van der Waals surface area contributed by atoms with Crippen molar-refractivity contribution in [3.63, 3.8) is 0 Å². The lowest BCUT2D eigenvalue weighted by molar-refractivity contribution is 0.0831. The second-order valence-corrected chi connectivity index (χ2v) is 5.30. The van der Waals surface area contributed by atoms with Crippen molar-refractivity contribution in [3.05, 3.63) is 16.0 Å². The summed E-state index contributed by atoms with van der Waals surface area (Å²) in [4.78, 5) is 25.9. The highest BCUT2D eigenvalue weighted by molar-refractivity contribution is 7.18. The molecule has 0 aliphatic carbocycles. The average molecular weight is 269 g/mol. The zero-order valence-electron chi connectivity index (χ0n) is 11.2. The number of thiophene rings is 1. The fourth-order valence-corrected chi connectivity index (χ4v) is 2.64. The van der Waals surface area contributed by atoms with Gasteiger partial charge in [0, 0.05) is 20.6 Å². The normalized spacial score (nSPS) is 10.2. The van der Waals surface area contributed by atoms with Gasteiger partial charge in [0.2, 0.25) is 0 Å². The van der Waals surface area contributed by atoms with E-state index in [4.69, 9.17) is 5.73 Å². The van der Waals surface area contributed by atoms with Crippen LogP contribution in [0.2, 0.25) is 0 Å². The molecule has 3 N–H and O–H groups in total. The van der Waals surface area contributed by atoms with E-state index in [0.29, 0.717) is 27.5 Å². The molecule has 0 aromatic carbocycles. The molecule has 0 radical (unpaired) electrons. The molecule has 0 aliphatic rings. The van der Waals surface area contributed by atoms with Crippen molar-refractivity contribution in [2.45, 2.75) is 20.3 Å². The number of nitrogens with one attached hydrogen (secondary N) is 1. The SMILES string of the molecule is CCCNC(=O)c1c(N)sc(C(=O)N(C)C)c1C. The Kier molecular flexibility index (Phi) is 4.72. The van der Waals surface area contributed by atoms with E-state index in [9.17, 15) is 9.59 Å². The summed E-state index contributed by atoms with van der Waals surface area (Å²) in [6, 6.07) is 0. The van der Waals surface area contributed by atoms with Gasteiger partial charge in [0.25, 0.3) is 11.8 Å². The summed E-state index contributed by atoms with van der Waals surface area (Å²) in [5, 5.41) is 3.17. The molecule has 2 amide bonds. The molecule has 1 aromatic rings. The Morgan fingerprint density at radius 1 is 1.39 bits per heavy atom. The molecular weight excluding hydrogens is 250 g/mol. The molecule has 0 unspecified atom stereocenters. The highest BCUT2D eigenvalue weighted by atomic mass is 32.1. The van der Waals surface area contributed by atoms with Crippen molar-refractivity contribution >= 4 is 28.2 Å². The van der Waals surface area contributed by atoms with Crippen LogP contribution in [0.25, 0.3) is 0 Å². The Hall–Kier alpha value is -1.56. The number of hydrogen-bond acceptors (Lipinski definition) is 4. The van der Waals surface area contributed by atoms with Crippen LogP contribution in [0.1, 0.15) is 38.9 Å². The van der Waals surface area contributed by atoms with Gasteiger partial charge in [0.05, 0.1) is 15.4 Å². The molecule has 1 rings (SSSR count). The van der Waals surface area contributed by atoms with E-state index < -0.39 is 0 Å². The van der Waals surface area contributed by atoms with Gasteiger partial charge in [0.15, 0.2) is 0 Å². The fourth-order valence-electron chi connectivity index (χ4n) is 1.55. The molecule has 0 aliphatic heterocycles. The summed E-state index contributed by atoms with van der Waals surface area (Å²) >= 11 is 1.16. The predicted molar refractivity (Wildman–Crippen MR) is 74.1 cm³/mol. The molecule has 1 aromatic heterocycles. The maximum atomic E-state index is 11.9. The summed E-state index contributed by atoms with van der Waals surface area (Å²) in [6.07, 6.45) is 0.859. The van der Waals surface area contributed by atoms with Crippen LogP contribution in [0.5, 0.6) is 0 Å². The third-order valence-electron chi connectivity index (χ3n) is 2.54. The van der Waals surface area contributed by atoms with Crippen molar-refractivity contribution in [2.24, 2.45) is 0 Å².